The predicted octanol–water partition coefficient (Wildman–Crippen LogP) is 0.904. The predicted molar refractivity (Wildman–Crippen MR) is 70.7 cm³/mol. The highest BCUT2D eigenvalue weighted by molar-refractivity contribution is 5.40. The topological polar surface area (TPSA) is 79.1 Å². The van der Waals surface area contributed by atoms with Gasteiger partial charge in [0.15, 0.2) is 5.82 Å². The van der Waals surface area contributed by atoms with Gasteiger partial charge in [-0.3, -0.25) is 4.98 Å². The van der Waals surface area contributed by atoms with E-state index >= 15 is 0 Å². The lowest BCUT2D eigenvalue weighted by Gasteiger charge is -2.23. The fourth-order valence-electron chi connectivity index (χ4n) is 1.41. The highest BCUT2D eigenvalue weighted by Gasteiger charge is 2.05. The number of anilines is 2. The van der Waals surface area contributed by atoms with Crippen LogP contribution in [-0.4, -0.2) is 41.0 Å². The summed E-state index contributed by atoms with van der Waals surface area (Å²) in [6, 6.07) is 0.597. The molecule has 1 atom stereocenters. The quantitative estimate of drug-likeness (QED) is 0.484. The molecule has 4 N–H and O–H groups in total. The standard InChI is InChI=1S/C11H22N6/c1-4-9(2)17(3)6-5-14-10-7-13-8-11(15-10)16-12/h7-9H,4-6,12H2,1-3H3,(H2,14,15,16). The Bertz CT molecular complexity index is 329. The third kappa shape index (κ3) is 4.54. The van der Waals surface area contributed by atoms with Crippen molar-refractivity contribution in [1.82, 2.24) is 14.9 Å². The second-order valence-corrected chi connectivity index (χ2v) is 4.10. The monoisotopic (exact) mass is 238 g/mol. The summed E-state index contributed by atoms with van der Waals surface area (Å²) < 4.78 is 0. The van der Waals surface area contributed by atoms with Gasteiger partial charge in [-0.15, -0.1) is 0 Å². The second-order valence-electron chi connectivity index (χ2n) is 4.10. The second kappa shape index (κ2) is 7.03. The number of nitrogens with two attached hydrogens (primary N) is 1. The lowest BCUT2D eigenvalue weighted by molar-refractivity contribution is 0.261. The molecule has 96 valence electrons. The lowest BCUT2D eigenvalue weighted by atomic mass is 10.2. The molecule has 0 saturated carbocycles. The van der Waals surface area contributed by atoms with Crippen LogP contribution >= 0.6 is 0 Å². The number of likely N-dealkylation sites (N-methyl/N-ethyl adjacent to an activating group) is 1. The van der Waals surface area contributed by atoms with Gasteiger partial charge >= 0.3 is 0 Å². The van der Waals surface area contributed by atoms with Gasteiger partial charge in [0.2, 0.25) is 0 Å². The summed E-state index contributed by atoms with van der Waals surface area (Å²) in [6.07, 6.45) is 4.42. The van der Waals surface area contributed by atoms with Gasteiger partial charge in [-0.2, -0.15) is 0 Å². The Kier molecular flexibility index (Phi) is 5.65. The van der Waals surface area contributed by atoms with E-state index in [1.165, 1.54) is 0 Å². The number of rotatable bonds is 7. The van der Waals surface area contributed by atoms with E-state index in [-0.39, 0.29) is 0 Å². The average Bonchev–Trinajstić information content (AvgIpc) is 2.37. The first-order valence-corrected chi connectivity index (χ1v) is 5.90. The summed E-state index contributed by atoms with van der Waals surface area (Å²) in [4.78, 5) is 10.6. The van der Waals surface area contributed by atoms with E-state index in [9.17, 15) is 0 Å². The molecule has 0 saturated heterocycles. The molecule has 0 bridgehead atoms. The lowest BCUT2D eigenvalue weighted by Crippen LogP contribution is -2.32. The molecule has 6 heteroatoms. The number of hydrazine groups is 1. The minimum atomic E-state index is 0.560. The first-order valence-electron chi connectivity index (χ1n) is 5.90. The highest BCUT2D eigenvalue weighted by atomic mass is 15.3. The average molecular weight is 238 g/mol. The fraction of sp³-hybridized carbons (Fsp3) is 0.636. The molecule has 17 heavy (non-hydrogen) atoms. The highest BCUT2D eigenvalue weighted by Crippen LogP contribution is 2.05. The smallest absolute Gasteiger partial charge is 0.160 e. The zero-order valence-corrected chi connectivity index (χ0v) is 10.8. The van der Waals surface area contributed by atoms with Gasteiger partial charge in [0.1, 0.15) is 5.82 Å². The van der Waals surface area contributed by atoms with Crippen molar-refractivity contribution in [3.63, 3.8) is 0 Å². The van der Waals surface area contributed by atoms with Crippen molar-refractivity contribution in [2.45, 2.75) is 26.3 Å². The molecule has 0 spiro atoms. The molecule has 1 heterocycles. The van der Waals surface area contributed by atoms with Crippen molar-refractivity contribution in [3.8, 4) is 0 Å². The molecule has 0 aliphatic heterocycles. The van der Waals surface area contributed by atoms with E-state index in [0.29, 0.717) is 11.9 Å². The third-order valence-corrected chi connectivity index (χ3v) is 2.90. The van der Waals surface area contributed by atoms with E-state index in [1.54, 1.807) is 12.4 Å². The Balaban J connectivity index is 2.35. The molecule has 6 nitrogen and oxygen atoms in total. The summed E-state index contributed by atoms with van der Waals surface area (Å²) >= 11 is 0. The van der Waals surface area contributed by atoms with Gasteiger partial charge in [0, 0.05) is 19.1 Å². The summed E-state index contributed by atoms with van der Waals surface area (Å²) in [6.45, 7) is 6.22. The molecule has 0 aliphatic carbocycles. The van der Waals surface area contributed by atoms with Gasteiger partial charge in [-0.25, -0.2) is 10.8 Å². The largest absolute Gasteiger partial charge is 0.367 e. The normalized spacial score (nSPS) is 12.5. The van der Waals surface area contributed by atoms with Crippen LogP contribution in [0.1, 0.15) is 20.3 Å². The van der Waals surface area contributed by atoms with Crippen LogP contribution in [0.15, 0.2) is 12.4 Å². The summed E-state index contributed by atoms with van der Waals surface area (Å²) in [5, 5.41) is 3.22. The van der Waals surface area contributed by atoms with Crippen LogP contribution in [0.5, 0.6) is 0 Å². The van der Waals surface area contributed by atoms with Crippen LogP contribution in [-0.2, 0) is 0 Å². The van der Waals surface area contributed by atoms with Gasteiger partial charge < -0.3 is 15.6 Å². The number of hydrogen-bond acceptors (Lipinski definition) is 6. The van der Waals surface area contributed by atoms with Crippen LogP contribution in [0.25, 0.3) is 0 Å². The summed E-state index contributed by atoms with van der Waals surface area (Å²) in [5.74, 6) is 6.56. The van der Waals surface area contributed by atoms with Gasteiger partial charge in [0.25, 0.3) is 0 Å². The van der Waals surface area contributed by atoms with Crippen LogP contribution in [0.2, 0.25) is 0 Å². The molecule has 0 radical (unpaired) electrons. The number of nitrogen functional groups attached to an aromatic ring is 1. The van der Waals surface area contributed by atoms with Crippen molar-refractivity contribution >= 4 is 11.6 Å². The van der Waals surface area contributed by atoms with E-state index < -0.39 is 0 Å². The SMILES string of the molecule is CCC(C)N(C)CCNc1cncc(NN)n1. The Hall–Kier alpha value is -1.40. The van der Waals surface area contributed by atoms with Crippen molar-refractivity contribution in [3.05, 3.63) is 12.4 Å². The first kappa shape index (κ1) is 13.7. The minimum Gasteiger partial charge on any atom is -0.367 e. The molecular weight excluding hydrogens is 216 g/mol. The molecule has 1 aromatic rings. The molecule has 1 aromatic heterocycles. The Morgan fingerprint density at radius 1 is 1.41 bits per heavy atom. The molecule has 0 fully saturated rings. The minimum absolute atomic E-state index is 0.560. The number of nitrogens with zero attached hydrogens (tertiary/aromatic N) is 3. The van der Waals surface area contributed by atoms with Crippen LogP contribution in [0.3, 0.4) is 0 Å². The molecule has 0 amide bonds. The Morgan fingerprint density at radius 2 is 2.12 bits per heavy atom. The maximum absolute atomic E-state index is 5.26. The van der Waals surface area contributed by atoms with Crippen molar-refractivity contribution in [2.24, 2.45) is 5.84 Å². The molecule has 0 aliphatic rings. The summed E-state index contributed by atoms with van der Waals surface area (Å²) in [7, 11) is 2.12. The van der Waals surface area contributed by atoms with Crippen LogP contribution in [0.4, 0.5) is 11.6 Å². The maximum Gasteiger partial charge on any atom is 0.160 e. The van der Waals surface area contributed by atoms with E-state index in [0.717, 1.165) is 25.3 Å². The van der Waals surface area contributed by atoms with Crippen molar-refractivity contribution in [1.29, 1.82) is 0 Å². The van der Waals surface area contributed by atoms with E-state index in [2.05, 4.69) is 46.5 Å². The van der Waals surface area contributed by atoms with Crippen molar-refractivity contribution in [2.75, 3.05) is 30.9 Å². The van der Waals surface area contributed by atoms with Gasteiger partial charge in [-0.05, 0) is 20.4 Å². The maximum atomic E-state index is 5.26. The molecule has 1 rings (SSSR count). The van der Waals surface area contributed by atoms with Gasteiger partial charge in [-0.1, -0.05) is 6.92 Å². The number of hydrogen-bond donors (Lipinski definition) is 3. The Labute approximate surface area is 103 Å². The van der Waals surface area contributed by atoms with Crippen LogP contribution < -0.4 is 16.6 Å². The third-order valence-electron chi connectivity index (χ3n) is 2.90. The Morgan fingerprint density at radius 3 is 2.76 bits per heavy atom. The van der Waals surface area contributed by atoms with E-state index in [4.69, 9.17) is 5.84 Å². The van der Waals surface area contributed by atoms with Gasteiger partial charge in [0.05, 0.1) is 12.4 Å². The zero-order chi connectivity index (χ0) is 12.7. The zero-order valence-electron chi connectivity index (χ0n) is 10.8. The number of nitrogens with one attached hydrogen (secondary N) is 2. The molecule has 0 aromatic carbocycles. The fourth-order valence-corrected chi connectivity index (χ4v) is 1.41. The molecular formula is C11H22N6. The first-order chi connectivity index (χ1) is 8.17. The van der Waals surface area contributed by atoms with E-state index in [1.807, 2.05) is 0 Å². The van der Waals surface area contributed by atoms with Crippen molar-refractivity contribution < 1.29 is 0 Å². The van der Waals surface area contributed by atoms with Crippen LogP contribution in [0, 0.1) is 0 Å². The molecule has 1 unspecified atom stereocenters. The number of aromatic nitrogens is 2. The summed E-state index contributed by atoms with van der Waals surface area (Å²) in [5.41, 5.74) is 2.47.